The fraction of sp³-hybridized carbons (Fsp3) is 0.0556. The third kappa shape index (κ3) is 4.36. The molecular formula is C18H15N3O4. The number of phenolic OH excluding ortho intramolecular Hbond substituents is 1. The Hall–Kier alpha value is -3.79. The molecule has 0 saturated carbocycles. The molecule has 0 heterocycles. The Morgan fingerprint density at radius 3 is 2.48 bits per heavy atom. The summed E-state index contributed by atoms with van der Waals surface area (Å²) in [5.41, 5.74) is 6.34. The Labute approximate surface area is 144 Å². The van der Waals surface area contributed by atoms with Crippen molar-refractivity contribution in [2.24, 2.45) is 5.73 Å². The van der Waals surface area contributed by atoms with Gasteiger partial charge >= 0.3 is 0 Å². The number of nitrogens with one attached hydrogen (secondary N) is 1. The third-order valence-corrected chi connectivity index (χ3v) is 3.30. The van der Waals surface area contributed by atoms with Crippen LogP contribution >= 0.6 is 0 Å². The number of hydrogen-bond donors (Lipinski definition) is 3. The number of amides is 2. The highest BCUT2D eigenvalue weighted by Crippen LogP contribution is 2.27. The number of benzene rings is 2. The molecule has 2 rings (SSSR count). The molecule has 0 aliphatic rings. The van der Waals surface area contributed by atoms with Gasteiger partial charge in [-0.1, -0.05) is 6.07 Å². The van der Waals surface area contributed by atoms with Crippen LogP contribution < -0.4 is 15.8 Å². The lowest BCUT2D eigenvalue weighted by Crippen LogP contribution is -2.25. The summed E-state index contributed by atoms with van der Waals surface area (Å²) in [4.78, 5) is 23.9. The van der Waals surface area contributed by atoms with E-state index >= 15 is 0 Å². The Bertz CT molecular complexity index is 880. The van der Waals surface area contributed by atoms with Crippen LogP contribution in [0.5, 0.6) is 11.5 Å². The van der Waals surface area contributed by atoms with E-state index in [1.807, 2.05) is 6.07 Å². The molecule has 0 radical (unpaired) electrons. The highest BCUT2D eigenvalue weighted by atomic mass is 16.5. The smallest absolute Gasteiger partial charge is 0.261 e. The second-order valence-electron chi connectivity index (χ2n) is 5.00. The molecule has 7 nitrogen and oxygen atoms in total. The quantitative estimate of drug-likeness (QED) is 0.435. The van der Waals surface area contributed by atoms with Gasteiger partial charge in [-0.25, -0.2) is 0 Å². The van der Waals surface area contributed by atoms with Gasteiger partial charge in [0.25, 0.3) is 11.8 Å². The van der Waals surface area contributed by atoms with E-state index in [0.29, 0.717) is 16.8 Å². The highest BCUT2D eigenvalue weighted by Gasteiger charge is 2.16. The number of aromatic hydroxyl groups is 1. The van der Waals surface area contributed by atoms with E-state index < -0.39 is 11.8 Å². The van der Waals surface area contributed by atoms with Gasteiger partial charge in [0.05, 0.1) is 18.7 Å². The number of ether oxygens (including phenoxy) is 1. The summed E-state index contributed by atoms with van der Waals surface area (Å²) in [5.74, 6) is -1.46. The third-order valence-electron chi connectivity index (χ3n) is 3.30. The molecule has 2 aromatic rings. The van der Waals surface area contributed by atoms with Gasteiger partial charge in [0, 0.05) is 5.69 Å². The number of primary amides is 1. The monoisotopic (exact) mass is 337 g/mol. The fourth-order valence-electron chi connectivity index (χ4n) is 2.03. The Morgan fingerprint density at radius 1 is 1.24 bits per heavy atom. The van der Waals surface area contributed by atoms with Crippen LogP contribution in [0.15, 0.2) is 48.0 Å². The van der Waals surface area contributed by atoms with Crippen molar-refractivity contribution in [3.8, 4) is 17.6 Å². The first kappa shape index (κ1) is 17.6. The van der Waals surface area contributed by atoms with Crippen LogP contribution in [-0.2, 0) is 9.59 Å². The first-order valence-electron chi connectivity index (χ1n) is 7.14. The van der Waals surface area contributed by atoms with Gasteiger partial charge in [0.1, 0.15) is 5.57 Å². The second-order valence-corrected chi connectivity index (χ2v) is 5.00. The van der Waals surface area contributed by atoms with Gasteiger partial charge in [-0.15, -0.1) is 0 Å². The fourth-order valence-corrected chi connectivity index (χ4v) is 2.03. The van der Waals surface area contributed by atoms with Gasteiger partial charge in [0.2, 0.25) is 0 Å². The lowest BCUT2D eigenvalue weighted by molar-refractivity contribution is -0.119. The first-order valence-corrected chi connectivity index (χ1v) is 7.14. The van der Waals surface area contributed by atoms with E-state index in [1.165, 1.54) is 43.5 Å². The number of nitrogens with two attached hydrogens (primary N) is 1. The van der Waals surface area contributed by atoms with E-state index in [9.17, 15) is 14.7 Å². The van der Waals surface area contributed by atoms with Crippen LogP contribution in [0.1, 0.15) is 11.1 Å². The van der Waals surface area contributed by atoms with Gasteiger partial charge < -0.3 is 20.9 Å². The number of hydrogen-bond acceptors (Lipinski definition) is 5. The molecular weight excluding hydrogens is 322 g/mol. The van der Waals surface area contributed by atoms with Crippen LogP contribution in [0.3, 0.4) is 0 Å². The van der Waals surface area contributed by atoms with Crippen molar-refractivity contribution in [3.05, 3.63) is 59.2 Å². The average Bonchev–Trinajstić information content (AvgIpc) is 2.61. The zero-order chi connectivity index (χ0) is 18.4. The minimum absolute atomic E-state index is 0.0673. The lowest BCUT2D eigenvalue weighted by Gasteiger charge is -2.08. The normalized spacial score (nSPS) is 10.6. The molecule has 0 aliphatic heterocycles. The maximum Gasteiger partial charge on any atom is 0.261 e. The standard InChI is InChI=1S/C18H15N3O4/c1-25-16-9-12(4-7-15(16)22)8-14(17(20)23)18(24)21-13-5-2-11(10-19)3-6-13/h2-9,22H,1H3,(H2,20,23)(H,21,24). The Morgan fingerprint density at radius 2 is 1.92 bits per heavy atom. The van der Waals surface area contributed by atoms with Crippen molar-refractivity contribution in [2.75, 3.05) is 12.4 Å². The SMILES string of the molecule is COc1cc(C=C(C(N)=O)C(=O)Nc2ccc(C#N)cc2)ccc1O. The summed E-state index contributed by atoms with van der Waals surface area (Å²) in [6.07, 6.45) is 1.29. The van der Waals surface area contributed by atoms with Crippen molar-refractivity contribution in [2.45, 2.75) is 0 Å². The molecule has 4 N–H and O–H groups in total. The molecule has 0 unspecified atom stereocenters. The van der Waals surface area contributed by atoms with Crippen LogP contribution in [-0.4, -0.2) is 24.0 Å². The van der Waals surface area contributed by atoms with Gasteiger partial charge in [-0.05, 0) is 48.0 Å². The summed E-state index contributed by atoms with van der Waals surface area (Å²) in [6.45, 7) is 0. The molecule has 0 atom stereocenters. The van der Waals surface area contributed by atoms with E-state index in [2.05, 4.69) is 5.32 Å². The Balaban J connectivity index is 2.28. The lowest BCUT2D eigenvalue weighted by atomic mass is 10.1. The number of methoxy groups -OCH3 is 1. The predicted molar refractivity (Wildman–Crippen MR) is 91.6 cm³/mol. The van der Waals surface area contributed by atoms with Crippen LogP contribution in [0, 0.1) is 11.3 Å². The largest absolute Gasteiger partial charge is 0.504 e. The van der Waals surface area contributed by atoms with Crippen LogP contribution in [0.25, 0.3) is 6.08 Å². The van der Waals surface area contributed by atoms with E-state index in [1.54, 1.807) is 12.1 Å². The molecule has 2 amide bonds. The minimum Gasteiger partial charge on any atom is -0.504 e. The van der Waals surface area contributed by atoms with Gasteiger partial charge in [-0.3, -0.25) is 9.59 Å². The van der Waals surface area contributed by atoms with E-state index in [4.69, 9.17) is 15.7 Å². The molecule has 7 heteroatoms. The molecule has 0 saturated heterocycles. The van der Waals surface area contributed by atoms with Gasteiger partial charge in [-0.2, -0.15) is 5.26 Å². The number of carbonyl (C=O) groups excluding carboxylic acids is 2. The second kappa shape index (κ2) is 7.66. The zero-order valence-electron chi connectivity index (χ0n) is 13.3. The highest BCUT2D eigenvalue weighted by molar-refractivity contribution is 6.25. The summed E-state index contributed by atoms with van der Waals surface area (Å²) >= 11 is 0. The van der Waals surface area contributed by atoms with Crippen molar-refractivity contribution >= 4 is 23.6 Å². The number of nitriles is 1. The van der Waals surface area contributed by atoms with Gasteiger partial charge in [0.15, 0.2) is 11.5 Å². The minimum atomic E-state index is -0.904. The molecule has 126 valence electrons. The van der Waals surface area contributed by atoms with Crippen LogP contribution in [0.4, 0.5) is 5.69 Å². The van der Waals surface area contributed by atoms with Crippen molar-refractivity contribution < 1.29 is 19.4 Å². The number of anilines is 1. The first-order chi connectivity index (χ1) is 11.9. The van der Waals surface area contributed by atoms with E-state index in [0.717, 1.165) is 0 Å². The number of nitrogens with zero attached hydrogens (tertiary/aromatic N) is 1. The molecule has 0 aromatic heterocycles. The number of carbonyl (C=O) groups is 2. The molecule has 0 aliphatic carbocycles. The Kier molecular flexibility index (Phi) is 5.38. The summed E-state index contributed by atoms with van der Waals surface area (Å²) in [6, 6.07) is 12.5. The van der Waals surface area contributed by atoms with E-state index in [-0.39, 0.29) is 17.1 Å². The number of phenols is 1. The van der Waals surface area contributed by atoms with Crippen molar-refractivity contribution in [3.63, 3.8) is 0 Å². The molecule has 25 heavy (non-hydrogen) atoms. The van der Waals surface area contributed by atoms with Crippen LogP contribution in [0.2, 0.25) is 0 Å². The topological polar surface area (TPSA) is 125 Å². The number of rotatable bonds is 5. The summed E-state index contributed by atoms with van der Waals surface area (Å²) < 4.78 is 4.98. The molecule has 0 spiro atoms. The predicted octanol–water partition coefficient (Wildman–Crippen LogP) is 1.78. The molecule has 0 bridgehead atoms. The zero-order valence-corrected chi connectivity index (χ0v) is 13.3. The van der Waals surface area contributed by atoms with Crippen molar-refractivity contribution in [1.82, 2.24) is 0 Å². The van der Waals surface area contributed by atoms with Crippen molar-refractivity contribution in [1.29, 1.82) is 5.26 Å². The molecule has 0 fully saturated rings. The molecule has 2 aromatic carbocycles. The summed E-state index contributed by atoms with van der Waals surface area (Å²) in [5, 5.41) is 20.9. The summed E-state index contributed by atoms with van der Waals surface area (Å²) in [7, 11) is 1.38. The maximum absolute atomic E-state index is 12.3. The average molecular weight is 337 g/mol. The maximum atomic E-state index is 12.3.